The van der Waals surface area contributed by atoms with E-state index >= 15 is 0 Å². The molecule has 1 aromatic rings. The summed E-state index contributed by atoms with van der Waals surface area (Å²) in [6, 6.07) is 12.7. The normalized spacial score (nSPS) is 22.0. The molecule has 1 aliphatic rings. The van der Waals surface area contributed by atoms with Crippen LogP contribution < -0.4 is 5.32 Å². The van der Waals surface area contributed by atoms with Crippen LogP contribution in [-0.2, 0) is 0 Å². The number of rotatable bonds is 6. The largest absolute Gasteiger partial charge is 0.306 e. The molecule has 19 heavy (non-hydrogen) atoms. The molecule has 0 bridgehead atoms. The summed E-state index contributed by atoms with van der Waals surface area (Å²) in [6.07, 6.45) is 3.74. The zero-order chi connectivity index (χ0) is 13.7. The second-order valence-corrected chi connectivity index (χ2v) is 5.99. The van der Waals surface area contributed by atoms with Gasteiger partial charge in [0.1, 0.15) is 0 Å². The first-order valence-corrected chi connectivity index (χ1v) is 7.75. The van der Waals surface area contributed by atoms with Crippen LogP contribution in [0.1, 0.15) is 51.6 Å². The Labute approximate surface area is 118 Å². The molecule has 0 amide bonds. The molecule has 1 aromatic carbocycles. The number of hydrogen-bond acceptors (Lipinski definition) is 2. The predicted octanol–water partition coefficient (Wildman–Crippen LogP) is 3.60. The summed E-state index contributed by atoms with van der Waals surface area (Å²) in [6.45, 7) is 9.30. The molecule has 106 valence electrons. The van der Waals surface area contributed by atoms with Crippen LogP contribution in [0.15, 0.2) is 30.3 Å². The minimum absolute atomic E-state index is 0.517. The number of nitrogens with zero attached hydrogens (tertiary/aromatic N) is 1. The van der Waals surface area contributed by atoms with E-state index in [9.17, 15) is 0 Å². The average Bonchev–Trinajstić information content (AvgIpc) is 2.88. The average molecular weight is 260 g/mol. The molecule has 1 heterocycles. The summed E-state index contributed by atoms with van der Waals surface area (Å²) in [5.74, 6) is 0. The first-order valence-electron chi connectivity index (χ1n) is 7.75. The van der Waals surface area contributed by atoms with Gasteiger partial charge in [-0.3, -0.25) is 4.90 Å². The van der Waals surface area contributed by atoms with E-state index in [-0.39, 0.29) is 0 Å². The quantitative estimate of drug-likeness (QED) is 0.840. The Hall–Kier alpha value is -0.860. The number of benzene rings is 1. The van der Waals surface area contributed by atoms with Gasteiger partial charge in [0, 0.05) is 24.7 Å². The summed E-state index contributed by atoms with van der Waals surface area (Å²) < 4.78 is 0. The second-order valence-electron chi connectivity index (χ2n) is 5.99. The van der Waals surface area contributed by atoms with Crippen LogP contribution in [0, 0.1) is 0 Å². The molecule has 1 aliphatic heterocycles. The van der Waals surface area contributed by atoms with Gasteiger partial charge in [-0.15, -0.1) is 0 Å². The molecule has 2 heteroatoms. The number of hydrogen-bond donors (Lipinski definition) is 1. The zero-order valence-electron chi connectivity index (χ0n) is 12.6. The lowest BCUT2D eigenvalue weighted by Crippen LogP contribution is -2.37. The van der Waals surface area contributed by atoms with E-state index in [1.54, 1.807) is 0 Å². The van der Waals surface area contributed by atoms with Gasteiger partial charge in [-0.25, -0.2) is 0 Å². The van der Waals surface area contributed by atoms with Gasteiger partial charge in [-0.1, -0.05) is 43.7 Å². The van der Waals surface area contributed by atoms with Gasteiger partial charge in [0.2, 0.25) is 0 Å². The van der Waals surface area contributed by atoms with Crippen molar-refractivity contribution in [1.82, 2.24) is 10.2 Å². The lowest BCUT2D eigenvalue weighted by Gasteiger charge is -2.25. The molecule has 1 N–H and O–H groups in total. The fourth-order valence-electron chi connectivity index (χ4n) is 3.00. The highest BCUT2D eigenvalue weighted by molar-refractivity contribution is 5.19. The van der Waals surface area contributed by atoms with E-state index in [2.05, 4.69) is 61.3 Å². The van der Waals surface area contributed by atoms with Crippen LogP contribution in [0.25, 0.3) is 0 Å². The van der Waals surface area contributed by atoms with Crippen LogP contribution in [0.5, 0.6) is 0 Å². The van der Waals surface area contributed by atoms with E-state index < -0.39 is 0 Å². The maximum atomic E-state index is 3.88. The number of nitrogens with one attached hydrogen (secondary N) is 1. The van der Waals surface area contributed by atoms with Crippen molar-refractivity contribution in [3.8, 4) is 0 Å². The van der Waals surface area contributed by atoms with Crippen molar-refractivity contribution in [1.29, 1.82) is 0 Å². The highest BCUT2D eigenvalue weighted by atomic mass is 15.2. The minimum atomic E-state index is 0.517. The van der Waals surface area contributed by atoms with Crippen LogP contribution in [0.2, 0.25) is 0 Å². The van der Waals surface area contributed by atoms with Crippen molar-refractivity contribution in [3.05, 3.63) is 35.9 Å². The van der Waals surface area contributed by atoms with Crippen molar-refractivity contribution in [2.24, 2.45) is 0 Å². The maximum Gasteiger partial charge on any atom is 0.0323 e. The second kappa shape index (κ2) is 7.06. The summed E-state index contributed by atoms with van der Waals surface area (Å²) in [5.41, 5.74) is 1.44. The third-order valence-electron chi connectivity index (χ3n) is 4.17. The Morgan fingerprint density at radius 1 is 1.26 bits per heavy atom. The lowest BCUT2D eigenvalue weighted by molar-refractivity contribution is 0.264. The highest BCUT2D eigenvalue weighted by Crippen LogP contribution is 2.22. The fraction of sp³-hybridized carbons (Fsp3) is 0.647. The van der Waals surface area contributed by atoms with Gasteiger partial charge in [-0.2, -0.15) is 0 Å². The molecule has 1 saturated heterocycles. The van der Waals surface area contributed by atoms with Gasteiger partial charge in [0.05, 0.1) is 0 Å². The third-order valence-corrected chi connectivity index (χ3v) is 4.17. The molecule has 1 fully saturated rings. The van der Waals surface area contributed by atoms with E-state index in [1.807, 2.05) is 0 Å². The number of likely N-dealkylation sites (tertiary alicyclic amines) is 1. The van der Waals surface area contributed by atoms with Crippen molar-refractivity contribution in [2.75, 3.05) is 13.1 Å². The fourth-order valence-corrected chi connectivity index (χ4v) is 3.00. The smallest absolute Gasteiger partial charge is 0.0323 e. The highest BCUT2D eigenvalue weighted by Gasteiger charge is 2.26. The molecule has 0 spiro atoms. The van der Waals surface area contributed by atoms with Gasteiger partial charge < -0.3 is 5.32 Å². The van der Waals surface area contributed by atoms with E-state index in [0.29, 0.717) is 18.1 Å². The van der Waals surface area contributed by atoms with Crippen LogP contribution in [0.3, 0.4) is 0 Å². The van der Waals surface area contributed by atoms with Crippen LogP contribution in [0.4, 0.5) is 0 Å². The minimum Gasteiger partial charge on any atom is -0.306 e. The Morgan fingerprint density at radius 2 is 2.00 bits per heavy atom. The third kappa shape index (κ3) is 4.05. The molecular formula is C17H28N2. The lowest BCUT2D eigenvalue weighted by atomic mass is 10.0. The molecule has 0 aliphatic carbocycles. The summed E-state index contributed by atoms with van der Waals surface area (Å²) in [4.78, 5) is 2.58. The first-order chi connectivity index (χ1) is 9.20. The molecule has 0 radical (unpaired) electrons. The molecule has 2 unspecified atom stereocenters. The Bertz CT molecular complexity index is 361. The SMILES string of the molecule is CCCC(NC1CCN(C(C)C)C1)c1ccccc1. The zero-order valence-corrected chi connectivity index (χ0v) is 12.6. The van der Waals surface area contributed by atoms with Crippen molar-refractivity contribution in [2.45, 2.75) is 58.2 Å². The van der Waals surface area contributed by atoms with Crippen molar-refractivity contribution >= 4 is 0 Å². The van der Waals surface area contributed by atoms with Crippen LogP contribution >= 0.6 is 0 Å². The molecule has 2 nitrogen and oxygen atoms in total. The maximum absolute atomic E-state index is 3.88. The van der Waals surface area contributed by atoms with Gasteiger partial charge in [-0.05, 0) is 38.8 Å². The topological polar surface area (TPSA) is 15.3 Å². The predicted molar refractivity (Wildman–Crippen MR) is 82.3 cm³/mol. The van der Waals surface area contributed by atoms with E-state index in [1.165, 1.54) is 37.9 Å². The van der Waals surface area contributed by atoms with Gasteiger partial charge in [0.25, 0.3) is 0 Å². The van der Waals surface area contributed by atoms with Crippen molar-refractivity contribution < 1.29 is 0 Å². The molecule has 2 rings (SSSR count). The monoisotopic (exact) mass is 260 g/mol. The van der Waals surface area contributed by atoms with E-state index in [4.69, 9.17) is 0 Å². The molecule has 0 aromatic heterocycles. The van der Waals surface area contributed by atoms with Gasteiger partial charge in [0.15, 0.2) is 0 Å². The first kappa shape index (κ1) is 14.5. The van der Waals surface area contributed by atoms with Gasteiger partial charge >= 0.3 is 0 Å². The summed E-state index contributed by atoms with van der Waals surface area (Å²) in [5, 5.41) is 3.88. The van der Waals surface area contributed by atoms with Crippen LogP contribution in [-0.4, -0.2) is 30.1 Å². The standard InChI is InChI=1S/C17H28N2/c1-4-8-17(15-9-6-5-7-10-15)18-16-11-12-19(13-16)14(2)3/h5-7,9-10,14,16-18H,4,8,11-13H2,1-3H3. The molecule has 0 saturated carbocycles. The molecular weight excluding hydrogens is 232 g/mol. The van der Waals surface area contributed by atoms with E-state index in [0.717, 1.165) is 0 Å². The molecule has 2 atom stereocenters. The van der Waals surface area contributed by atoms with Crippen molar-refractivity contribution in [3.63, 3.8) is 0 Å². The summed E-state index contributed by atoms with van der Waals surface area (Å²) >= 11 is 0. The Kier molecular flexibility index (Phi) is 5.41. The summed E-state index contributed by atoms with van der Waals surface area (Å²) in [7, 11) is 0. The Morgan fingerprint density at radius 3 is 2.58 bits per heavy atom. The Balaban J connectivity index is 1.95.